The molecule has 8 nitrogen and oxygen atoms in total. The average molecular weight is 538 g/mol. The molecule has 0 spiro atoms. The Morgan fingerprint density at radius 1 is 1.06 bits per heavy atom. The van der Waals surface area contributed by atoms with Crippen molar-refractivity contribution in [3.8, 4) is 5.75 Å². The predicted molar refractivity (Wildman–Crippen MR) is 134 cm³/mol. The van der Waals surface area contributed by atoms with E-state index in [1.165, 1.54) is 23.1 Å². The lowest BCUT2D eigenvalue weighted by Gasteiger charge is -2.28. The number of nitro groups is 1. The van der Waals surface area contributed by atoms with Gasteiger partial charge in [-0.15, -0.1) is 0 Å². The van der Waals surface area contributed by atoms with Crippen molar-refractivity contribution in [3.05, 3.63) is 104 Å². The molecule has 0 radical (unpaired) electrons. The SMILES string of the molecule is O=C1NC(=S)N(c2ccccc2)C(=O)/C1=C\c1ccc(OCc2cccc([N+](=O)[O-])c2)c(Br)c1. The first-order chi connectivity index (χ1) is 16.3. The number of para-hydroxylation sites is 1. The lowest BCUT2D eigenvalue weighted by atomic mass is 10.1. The van der Waals surface area contributed by atoms with E-state index in [1.807, 2.05) is 6.07 Å². The fourth-order valence-corrected chi connectivity index (χ4v) is 4.07. The van der Waals surface area contributed by atoms with Gasteiger partial charge in [-0.25, -0.2) is 0 Å². The van der Waals surface area contributed by atoms with E-state index in [9.17, 15) is 19.7 Å². The van der Waals surface area contributed by atoms with Crippen LogP contribution in [0.25, 0.3) is 6.08 Å². The molecular formula is C24H16BrN3O5S. The number of nitrogens with zero attached hydrogens (tertiary/aromatic N) is 2. The molecule has 0 bridgehead atoms. The summed E-state index contributed by atoms with van der Waals surface area (Å²) in [7, 11) is 0. The molecule has 0 unspecified atom stereocenters. The molecule has 10 heteroatoms. The summed E-state index contributed by atoms with van der Waals surface area (Å²) in [6.07, 6.45) is 1.48. The van der Waals surface area contributed by atoms with E-state index in [2.05, 4.69) is 21.2 Å². The van der Waals surface area contributed by atoms with Gasteiger partial charge >= 0.3 is 0 Å². The number of carbonyl (C=O) groups excluding carboxylic acids is 2. The molecule has 34 heavy (non-hydrogen) atoms. The third kappa shape index (κ3) is 5.03. The summed E-state index contributed by atoms with van der Waals surface area (Å²) in [5.74, 6) is -0.605. The highest BCUT2D eigenvalue weighted by atomic mass is 79.9. The van der Waals surface area contributed by atoms with Gasteiger partial charge in [0.1, 0.15) is 17.9 Å². The van der Waals surface area contributed by atoms with Crippen LogP contribution in [-0.4, -0.2) is 21.9 Å². The second-order valence-electron chi connectivity index (χ2n) is 7.20. The number of thiocarbonyl (C=S) groups is 1. The first-order valence-corrected chi connectivity index (χ1v) is 11.2. The Balaban J connectivity index is 1.54. The van der Waals surface area contributed by atoms with E-state index in [0.29, 0.717) is 27.0 Å². The van der Waals surface area contributed by atoms with Crippen molar-refractivity contribution in [2.45, 2.75) is 6.61 Å². The second-order valence-corrected chi connectivity index (χ2v) is 8.44. The molecule has 1 heterocycles. The number of non-ortho nitro benzene ring substituents is 1. The van der Waals surface area contributed by atoms with Crippen LogP contribution in [-0.2, 0) is 16.2 Å². The fourth-order valence-electron chi connectivity index (χ4n) is 3.28. The zero-order valence-electron chi connectivity index (χ0n) is 17.4. The molecule has 170 valence electrons. The van der Waals surface area contributed by atoms with Crippen LogP contribution >= 0.6 is 28.1 Å². The Morgan fingerprint density at radius 3 is 2.53 bits per heavy atom. The number of hydrogen-bond donors (Lipinski definition) is 1. The molecule has 1 saturated heterocycles. The van der Waals surface area contributed by atoms with Crippen LogP contribution in [0.2, 0.25) is 0 Å². The third-order valence-electron chi connectivity index (χ3n) is 4.90. The van der Waals surface area contributed by atoms with E-state index < -0.39 is 16.7 Å². The lowest BCUT2D eigenvalue weighted by molar-refractivity contribution is -0.384. The maximum Gasteiger partial charge on any atom is 0.270 e. The topological polar surface area (TPSA) is 102 Å². The number of rotatable bonds is 6. The molecule has 3 aromatic rings. The number of halogens is 1. The monoisotopic (exact) mass is 537 g/mol. The van der Waals surface area contributed by atoms with E-state index in [4.69, 9.17) is 17.0 Å². The Hall–Kier alpha value is -3.89. The maximum absolute atomic E-state index is 13.1. The second kappa shape index (κ2) is 9.94. The Labute approximate surface area is 208 Å². The van der Waals surface area contributed by atoms with Gasteiger partial charge in [-0.1, -0.05) is 36.4 Å². The number of benzene rings is 3. The van der Waals surface area contributed by atoms with Gasteiger partial charge in [0.15, 0.2) is 5.11 Å². The average Bonchev–Trinajstić information content (AvgIpc) is 2.82. The minimum atomic E-state index is -0.579. The first kappa shape index (κ1) is 23.3. The summed E-state index contributed by atoms with van der Waals surface area (Å²) in [6.45, 7) is 0.130. The number of ether oxygens (including phenoxy) is 1. The van der Waals surface area contributed by atoms with Crippen LogP contribution in [0.4, 0.5) is 11.4 Å². The fraction of sp³-hybridized carbons (Fsp3) is 0.0417. The largest absolute Gasteiger partial charge is 0.488 e. The van der Waals surface area contributed by atoms with Crippen LogP contribution in [0.1, 0.15) is 11.1 Å². The van der Waals surface area contributed by atoms with Crippen molar-refractivity contribution in [1.29, 1.82) is 0 Å². The third-order valence-corrected chi connectivity index (χ3v) is 5.80. The molecule has 1 aliphatic rings. The van der Waals surface area contributed by atoms with Crippen LogP contribution < -0.4 is 15.0 Å². The molecule has 1 aliphatic heterocycles. The van der Waals surface area contributed by atoms with Gasteiger partial charge in [-0.2, -0.15) is 0 Å². The van der Waals surface area contributed by atoms with Gasteiger partial charge in [0, 0.05) is 12.1 Å². The highest BCUT2D eigenvalue weighted by Gasteiger charge is 2.34. The van der Waals surface area contributed by atoms with Gasteiger partial charge in [0.2, 0.25) is 0 Å². The molecular weight excluding hydrogens is 522 g/mol. The van der Waals surface area contributed by atoms with E-state index >= 15 is 0 Å². The standard InChI is InChI=1S/C24H16BrN3O5S/c25-20-13-15(9-10-21(20)33-14-16-5-4-8-18(11-16)28(31)32)12-19-22(29)26-24(34)27(23(19)30)17-6-2-1-3-7-17/h1-13H,14H2,(H,26,29,34)/b19-12-. The Kier molecular flexibility index (Phi) is 6.80. The van der Waals surface area contributed by atoms with Crippen LogP contribution in [0.3, 0.4) is 0 Å². The minimum absolute atomic E-state index is 0.0124. The van der Waals surface area contributed by atoms with Crippen LogP contribution in [0.15, 0.2) is 82.8 Å². The van der Waals surface area contributed by atoms with Gasteiger partial charge < -0.3 is 4.74 Å². The van der Waals surface area contributed by atoms with Gasteiger partial charge in [0.05, 0.1) is 15.1 Å². The highest BCUT2D eigenvalue weighted by molar-refractivity contribution is 9.10. The lowest BCUT2D eigenvalue weighted by Crippen LogP contribution is -2.54. The minimum Gasteiger partial charge on any atom is -0.488 e. The number of nitro benzene ring substituents is 1. The maximum atomic E-state index is 13.1. The van der Waals surface area contributed by atoms with E-state index in [0.717, 1.165) is 0 Å². The van der Waals surface area contributed by atoms with Crippen molar-refractivity contribution < 1.29 is 19.2 Å². The van der Waals surface area contributed by atoms with Gasteiger partial charge in [-0.3, -0.25) is 29.9 Å². The molecule has 0 atom stereocenters. The van der Waals surface area contributed by atoms with Crippen LogP contribution in [0.5, 0.6) is 5.75 Å². The Bertz CT molecular complexity index is 1340. The zero-order chi connectivity index (χ0) is 24.2. The number of hydrogen-bond acceptors (Lipinski definition) is 6. The van der Waals surface area contributed by atoms with Crippen LogP contribution in [0, 0.1) is 10.1 Å². The summed E-state index contributed by atoms with van der Waals surface area (Å²) < 4.78 is 6.36. The number of nitrogens with one attached hydrogen (secondary N) is 1. The number of carbonyl (C=O) groups is 2. The molecule has 1 N–H and O–H groups in total. The summed E-state index contributed by atoms with van der Waals surface area (Å²) in [6, 6.07) is 20.1. The van der Waals surface area contributed by atoms with Gasteiger partial charge in [-0.05, 0) is 69.6 Å². The molecule has 2 amide bonds. The summed E-state index contributed by atoms with van der Waals surface area (Å²) in [5, 5.41) is 13.5. The van der Waals surface area contributed by atoms with Crippen molar-refractivity contribution in [2.24, 2.45) is 0 Å². The molecule has 0 saturated carbocycles. The smallest absolute Gasteiger partial charge is 0.270 e. The molecule has 4 rings (SSSR count). The van der Waals surface area contributed by atoms with Crippen molar-refractivity contribution in [1.82, 2.24) is 5.32 Å². The summed E-state index contributed by atoms with van der Waals surface area (Å²) in [5.41, 5.74) is 1.72. The molecule has 1 fully saturated rings. The molecule has 0 aromatic heterocycles. The number of amides is 2. The van der Waals surface area contributed by atoms with Gasteiger partial charge in [0.25, 0.3) is 17.5 Å². The molecule has 0 aliphatic carbocycles. The highest BCUT2D eigenvalue weighted by Crippen LogP contribution is 2.29. The quantitative estimate of drug-likeness (QED) is 0.160. The normalized spacial score (nSPS) is 14.8. The summed E-state index contributed by atoms with van der Waals surface area (Å²) in [4.78, 5) is 37.3. The first-order valence-electron chi connectivity index (χ1n) is 9.95. The Morgan fingerprint density at radius 2 is 1.82 bits per heavy atom. The van der Waals surface area contributed by atoms with E-state index in [-0.39, 0.29) is 23.0 Å². The number of anilines is 1. The van der Waals surface area contributed by atoms with E-state index in [1.54, 1.807) is 54.6 Å². The molecule has 3 aromatic carbocycles. The predicted octanol–water partition coefficient (Wildman–Crippen LogP) is 4.77. The van der Waals surface area contributed by atoms with Crippen molar-refractivity contribution in [3.63, 3.8) is 0 Å². The zero-order valence-corrected chi connectivity index (χ0v) is 19.8. The van der Waals surface area contributed by atoms with Crippen molar-refractivity contribution in [2.75, 3.05) is 4.90 Å². The van der Waals surface area contributed by atoms with Crippen molar-refractivity contribution >= 4 is 62.5 Å². The summed E-state index contributed by atoms with van der Waals surface area (Å²) >= 11 is 8.63.